The molecule has 0 aliphatic carbocycles. The van der Waals surface area contributed by atoms with E-state index in [0.29, 0.717) is 0 Å². The first-order valence-corrected chi connectivity index (χ1v) is 7.89. The summed E-state index contributed by atoms with van der Waals surface area (Å²) in [6.07, 6.45) is 0. The first-order valence-electron chi connectivity index (χ1n) is 7.89. The first kappa shape index (κ1) is 13.4. The molecule has 0 spiro atoms. The van der Waals surface area contributed by atoms with Gasteiger partial charge in [0, 0.05) is 0 Å². The molecule has 1 heteroatoms. The van der Waals surface area contributed by atoms with Crippen LogP contribution in [0.2, 0.25) is 0 Å². The van der Waals surface area contributed by atoms with Crippen LogP contribution in [0.4, 0.5) is 0 Å². The molecular formula is C21H19B. The average molecular weight is 282 g/mol. The van der Waals surface area contributed by atoms with Crippen molar-refractivity contribution in [3.05, 3.63) is 72.3 Å². The second-order valence-electron chi connectivity index (χ2n) is 7.10. The molecule has 0 nitrogen and oxygen atoms in total. The predicted octanol–water partition coefficient (Wildman–Crippen LogP) is 5.01. The van der Waals surface area contributed by atoms with E-state index in [1.807, 2.05) is 0 Å². The quantitative estimate of drug-likeness (QED) is 0.340. The highest BCUT2D eigenvalue weighted by atomic mass is 14.2. The van der Waals surface area contributed by atoms with Gasteiger partial charge in [0.2, 0.25) is 0 Å². The van der Waals surface area contributed by atoms with E-state index in [2.05, 4.69) is 88.4 Å². The Kier molecular flexibility index (Phi) is 2.81. The third-order valence-electron chi connectivity index (χ3n) is 4.61. The minimum absolute atomic E-state index is 0.168. The average Bonchev–Trinajstić information content (AvgIpc) is 2.54. The van der Waals surface area contributed by atoms with Gasteiger partial charge in [-0.2, -0.15) is 0 Å². The molecule has 0 saturated carbocycles. The molecule has 0 bridgehead atoms. The van der Waals surface area contributed by atoms with Gasteiger partial charge in [-0.25, -0.2) is 0 Å². The van der Waals surface area contributed by atoms with Crippen LogP contribution in [0.3, 0.4) is 0 Å². The zero-order chi connectivity index (χ0) is 15.3. The molecule has 0 atom stereocenters. The van der Waals surface area contributed by atoms with Crippen LogP contribution >= 0.6 is 0 Å². The van der Waals surface area contributed by atoms with E-state index in [1.54, 1.807) is 0 Å². The topological polar surface area (TPSA) is 0 Å². The van der Waals surface area contributed by atoms with Crippen molar-refractivity contribution in [3.8, 4) is 0 Å². The van der Waals surface area contributed by atoms with Gasteiger partial charge >= 0.3 is 0 Å². The van der Waals surface area contributed by atoms with Gasteiger partial charge in [-0.3, -0.25) is 0 Å². The molecule has 0 heterocycles. The van der Waals surface area contributed by atoms with Crippen molar-refractivity contribution in [2.75, 3.05) is 0 Å². The predicted molar refractivity (Wildman–Crippen MR) is 101 cm³/mol. The second-order valence-corrected chi connectivity index (χ2v) is 7.10. The summed E-state index contributed by atoms with van der Waals surface area (Å²) in [6, 6.07) is 24.4. The van der Waals surface area contributed by atoms with Gasteiger partial charge in [0.15, 0.2) is 0 Å². The van der Waals surface area contributed by atoms with Crippen molar-refractivity contribution < 1.29 is 0 Å². The molecule has 106 valence electrons. The summed E-state index contributed by atoms with van der Waals surface area (Å²) in [5.74, 6) is 0. The summed E-state index contributed by atoms with van der Waals surface area (Å²) in [6.45, 7) is 4.55. The van der Waals surface area contributed by atoms with Gasteiger partial charge in [-0.05, 0) is 43.2 Å². The molecule has 0 aliphatic rings. The number of hydrogen-bond acceptors (Lipinski definition) is 0. The maximum absolute atomic E-state index is 2.38. The summed E-state index contributed by atoms with van der Waals surface area (Å²) in [4.78, 5) is 0. The molecule has 0 radical (unpaired) electrons. The minimum Gasteiger partial charge on any atom is -0.0632 e. The van der Waals surface area contributed by atoms with Crippen LogP contribution in [-0.2, 0) is 5.31 Å². The van der Waals surface area contributed by atoms with E-state index in [0.717, 1.165) is 0 Å². The van der Waals surface area contributed by atoms with Gasteiger partial charge in [0.05, 0.1) is 0 Å². The lowest BCUT2D eigenvalue weighted by molar-refractivity contribution is 0.766. The molecule has 0 unspecified atom stereocenters. The van der Waals surface area contributed by atoms with Crippen LogP contribution in [0, 0.1) is 0 Å². The van der Waals surface area contributed by atoms with Crippen molar-refractivity contribution >= 4 is 40.2 Å². The van der Waals surface area contributed by atoms with E-state index in [1.165, 1.54) is 37.9 Å². The Morgan fingerprint density at radius 2 is 1.00 bits per heavy atom. The highest BCUT2D eigenvalue weighted by Gasteiger charge is 2.15. The summed E-state index contributed by atoms with van der Waals surface area (Å²) in [5, 5.41) is 8.26. The van der Waals surface area contributed by atoms with Gasteiger partial charge in [0.1, 0.15) is 7.85 Å². The SMILES string of the molecule is BC(C)(C)c1ccc2c3ccccc3c3ccccc3c2c1. The number of fused-ring (bicyclic) bond motifs is 6. The summed E-state index contributed by atoms with van der Waals surface area (Å²) < 4.78 is 0. The highest BCUT2D eigenvalue weighted by molar-refractivity contribution is 6.25. The smallest absolute Gasteiger partial charge is 0.0632 e. The molecule has 0 amide bonds. The van der Waals surface area contributed by atoms with Crippen LogP contribution < -0.4 is 0 Å². The maximum atomic E-state index is 2.38. The number of benzene rings is 4. The van der Waals surface area contributed by atoms with Crippen molar-refractivity contribution in [3.63, 3.8) is 0 Å². The molecule has 22 heavy (non-hydrogen) atoms. The summed E-state index contributed by atoms with van der Waals surface area (Å²) >= 11 is 0. The lowest BCUT2D eigenvalue weighted by Gasteiger charge is -2.20. The maximum Gasteiger partial charge on any atom is 0.114 e. The molecule has 4 aromatic rings. The van der Waals surface area contributed by atoms with Crippen LogP contribution in [0.1, 0.15) is 19.4 Å². The van der Waals surface area contributed by atoms with Crippen molar-refractivity contribution in [2.24, 2.45) is 0 Å². The van der Waals surface area contributed by atoms with E-state index in [4.69, 9.17) is 0 Å². The Hall–Kier alpha value is -2.28. The van der Waals surface area contributed by atoms with E-state index in [-0.39, 0.29) is 5.31 Å². The fourth-order valence-electron chi connectivity index (χ4n) is 3.37. The third kappa shape index (κ3) is 1.93. The zero-order valence-electron chi connectivity index (χ0n) is 13.4. The molecule has 4 rings (SSSR count). The van der Waals surface area contributed by atoms with Crippen LogP contribution in [0.5, 0.6) is 0 Å². The highest BCUT2D eigenvalue weighted by Crippen LogP contribution is 2.36. The van der Waals surface area contributed by atoms with Gasteiger partial charge < -0.3 is 0 Å². The van der Waals surface area contributed by atoms with E-state index >= 15 is 0 Å². The van der Waals surface area contributed by atoms with Crippen LogP contribution in [0.15, 0.2) is 66.7 Å². The summed E-state index contributed by atoms with van der Waals surface area (Å²) in [5.41, 5.74) is 1.39. The molecule has 0 aliphatic heterocycles. The van der Waals surface area contributed by atoms with Crippen molar-refractivity contribution in [2.45, 2.75) is 19.2 Å². The van der Waals surface area contributed by atoms with Crippen LogP contribution in [0.25, 0.3) is 32.3 Å². The standard InChI is InChI=1S/C21H19B/c1-21(2,22)14-11-12-19-17-9-4-3-7-15(17)16-8-5-6-10-18(16)20(19)13-14/h3-13H,22H2,1-2H3. The first-order chi connectivity index (χ1) is 10.6. The largest absolute Gasteiger partial charge is 0.114 e. The van der Waals surface area contributed by atoms with E-state index < -0.39 is 0 Å². The second kappa shape index (κ2) is 4.61. The third-order valence-corrected chi connectivity index (χ3v) is 4.61. The zero-order valence-corrected chi connectivity index (χ0v) is 13.4. The molecule has 4 aromatic carbocycles. The molecular weight excluding hydrogens is 263 g/mol. The Morgan fingerprint density at radius 3 is 1.45 bits per heavy atom. The monoisotopic (exact) mass is 282 g/mol. The lowest BCUT2D eigenvalue weighted by Crippen LogP contribution is -2.16. The van der Waals surface area contributed by atoms with Crippen LogP contribution in [-0.4, -0.2) is 7.85 Å². The molecule has 0 fully saturated rings. The Bertz CT molecular complexity index is 971. The van der Waals surface area contributed by atoms with Gasteiger partial charge in [0.25, 0.3) is 0 Å². The fraction of sp³-hybridized carbons (Fsp3) is 0.143. The minimum atomic E-state index is 0.168. The Labute approximate surface area is 132 Å². The normalized spacial score (nSPS) is 12.3. The number of hydrogen-bond donors (Lipinski definition) is 0. The molecule has 0 saturated heterocycles. The fourth-order valence-corrected chi connectivity index (χ4v) is 3.37. The molecule has 0 aromatic heterocycles. The summed E-state index contributed by atoms with van der Waals surface area (Å²) in [7, 11) is 2.28. The van der Waals surface area contributed by atoms with Gasteiger partial charge in [-0.1, -0.05) is 80.6 Å². The molecule has 0 N–H and O–H groups in total. The Balaban J connectivity index is 2.27. The van der Waals surface area contributed by atoms with Crippen molar-refractivity contribution in [1.82, 2.24) is 0 Å². The lowest BCUT2D eigenvalue weighted by atomic mass is 9.67. The van der Waals surface area contributed by atoms with Gasteiger partial charge in [-0.15, -0.1) is 0 Å². The number of rotatable bonds is 1. The van der Waals surface area contributed by atoms with E-state index in [9.17, 15) is 0 Å². The Morgan fingerprint density at radius 1 is 0.591 bits per heavy atom. The van der Waals surface area contributed by atoms with Crippen molar-refractivity contribution in [1.29, 1.82) is 0 Å².